The van der Waals surface area contributed by atoms with Crippen LogP contribution in [0.2, 0.25) is 0 Å². The zero-order valence-corrected chi connectivity index (χ0v) is 12.9. The van der Waals surface area contributed by atoms with Crippen LogP contribution in [0.5, 0.6) is 0 Å². The minimum atomic E-state index is -0.350. The number of aryl methyl sites for hydroxylation is 1. The van der Waals surface area contributed by atoms with Crippen molar-refractivity contribution in [3.05, 3.63) is 18.0 Å². The van der Waals surface area contributed by atoms with Crippen LogP contribution < -0.4 is 10.4 Å². The molecule has 1 aromatic heterocycles. The lowest BCUT2D eigenvalue weighted by Crippen LogP contribution is -2.41. The highest BCUT2D eigenvalue weighted by molar-refractivity contribution is 6.62. The number of pyridine rings is 1. The first kappa shape index (κ1) is 14.3. The lowest BCUT2D eigenvalue weighted by atomic mass is 9.78. The van der Waals surface area contributed by atoms with Crippen molar-refractivity contribution >= 4 is 18.3 Å². The molecule has 2 heterocycles. The molecular weight excluding hydrogens is 239 g/mol. The largest absolute Gasteiger partial charge is 0.496 e. The SMILES string of the molecule is Cc1ncc(N(C)C)cc1B1OC(C)(C)C(C)(C)O1. The van der Waals surface area contributed by atoms with Gasteiger partial charge in [0, 0.05) is 25.3 Å². The average molecular weight is 262 g/mol. The van der Waals surface area contributed by atoms with Gasteiger partial charge < -0.3 is 14.2 Å². The fraction of sp³-hybridized carbons (Fsp3) is 0.643. The van der Waals surface area contributed by atoms with Crippen LogP contribution in [0.15, 0.2) is 12.3 Å². The molecule has 1 aliphatic rings. The molecule has 0 bridgehead atoms. The third-order valence-electron chi connectivity index (χ3n) is 4.14. The Balaban J connectivity index is 2.36. The van der Waals surface area contributed by atoms with Gasteiger partial charge in [-0.2, -0.15) is 0 Å². The van der Waals surface area contributed by atoms with Crippen molar-refractivity contribution in [3.63, 3.8) is 0 Å². The maximum Gasteiger partial charge on any atom is 0.496 e. The molecule has 0 N–H and O–H groups in total. The quantitative estimate of drug-likeness (QED) is 0.760. The number of nitrogens with zero attached hydrogens (tertiary/aromatic N) is 2. The first-order valence-corrected chi connectivity index (χ1v) is 6.63. The van der Waals surface area contributed by atoms with Gasteiger partial charge in [0.15, 0.2) is 0 Å². The van der Waals surface area contributed by atoms with Crippen LogP contribution in [0.1, 0.15) is 33.4 Å². The van der Waals surface area contributed by atoms with E-state index in [2.05, 4.69) is 38.7 Å². The molecule has 0 amide bonds. The van der Waals surface area contributed by atoms with E-state index in [1.165, 1.54) is 0 Å². The Hall–Kier alpha value is -1.07. The van der Waals surface area contributed by atoms with Crippen molar-refractivity contribution in [2.24, 2.45) is 0 Å². The normalized spacial score (nSPS) is 20.7. The molecule has 0 saturated carbocycles. The van der Waals surface area contributed by atoms with Gasteiger partial charge in [-0.1, -0.05) is 0 Å². The molecule has 19 heavy (non-hydrogen) atoms. The second-order valence-corrected chi connectivity index (χ2v) is 6.35. The highest BCUT2D eigenvalue weighted by Crippen LogP contribution is 2.36. The smallest absolute Gasteiger partial charge is 0.399 e. The summed E-state index contributed by atoms with van der Waals surface area (Å²) in [5.74, 6) is 0. The Morgan fingerprint density at radius 3 is 2.11 bits per heavy atom. The minimum Gasteiger partial charge on any atom is -0.399 e. The number of anilines is 1. The van der Waals surface area contributed by atoms with Gasteiger partial charge >= 0.3 is 7.12 Å². The van der Waals surface area contributed by atoms with Crippen molar-refractivity contribution in [2.45, 2.75) is 45.8 Å². The number of aromatic nitrogens is 1. The Kier molecular flexibility index (Phi) is 3.39. The summed E-state index contributed by atoms with van der Waals surface area (Å²) in [7, 11) is 3.65. The van der Waals surface area contributed by atoms with E-state index in [9.17, 15) is 0 Å². The lowest BCUT2D eigenvalue weighted by Gasteiger charge is -2.32. The summed E-state index contributed by atoms with van der Waals surface area (Å²) in [4.78, 5) is 6.47. The molecule has 0 radical (unpaired) electrons. The summed E-state index contributed by atoms with van der Waals surface area (Å²) in [6.07, 6.45) is 1.87. The van der Waals surface area contributed by atoms with Gasteiger partial charge in [0.05, 0.1) is 23.1 Å². The van der Waals surface area contributed by atoms with E-state index in [-0.39, 0.29) is 18.3 Å². The van der Waals surface area contributed by atoms with E-state index in [1.807, 2.05) is 32.1 Å². The summed E-state index contributed by atoms with van der Waals surface area (Å²) in [6.45, 7) is 10.2. The first-order chi connectivity index (χ1) is 8.64. The molecule has 2 rings (SSSR count). The predicted octanol–water partition coefficient (Wildman–Crippen LogP) is 1.76. The Labute approximate surface area is 116 Å². The van der Waals surface area contributed by atoms with Crippen LogP contribution in [0.25, 0.3) is 0 Å². The van der Waals surface area contributed by atoms with Crippen LogP contribution in [-0.2, 0) is 9.31 Å². The summed E-state index contributed by atoms with van der Waals surface area (Å²) in [5.41, 5.74) is 2.36. The standard InChI is InChI=1S/C14H23BN2O2/c1-10-12(8-11(9-16-10)17(6)7)15-18-13(2,3)14(4,5)19-15/h8-9H,1-7H3. The molecule has 5 heteroatoms. The second kappa shape index (κ2) is 4.49. The third kappa shape index (κ3) is 2.49. The van der Waals surface area contributed by atoms with Crippen molar-refractivity contribution in [2.75, 3.05) is 19.0 Å². The van der Waals surface area contributed by atoms with Gasteiger partial charge in [-0.25, -0.2) is 0 Å². The van der Waals surface area contributed by atoms with Crippen molar-refractivity contribution in [1.82, 2.24) is 4.98 Å². The highest BCUT2D eigenvalue weighted by atomic mass is 16.7. The molecule has 0 spiro atoms. The highest BCUT2D eigenvalue weighted by Gasteiger charge is 2.52. The monoisotopic (exact) mass is 262 g/mol. The van der Waals surface area contributed by atoms with Gasteiger partial charge in [-0.3, -0.25) is 4.98 Å². The maximum absolute atomic E-state index is 6.08. The number of hydrogen-bond acceptors (Lipinski definition) is 4. The van der Waals surface area contributed by atoms with Crippen LogP contribution in [-0.4, -0.2) is 37.4 Å². The Bertz CT molecular complexity index is 470. The molecule has 1 saturated heterocycles. The second-order valence-electron chi connectivity index (χ2n) is 6.35. The van der Waals surface area contributed by atoms with Gasteiger partial charge in [0.2, 0.25) is 0 Å². The van der Waals surface area contributed by atoms with Crippen molar-refractivity contribution < 1.29 is 9.31 Å². The average Bonchev–Trinajstić information content (AvgIpc) is 2.48. The Morgan fingerprint density at radius 1 is 1.11 bits per heavy atom. The number of rotatable bonds is 2. The fourth-order valence-electron chi connectivity index (χ4n) is 1.99. The lowest BCUT2D eigenvalue weighted by molar-refractivity contribution is 0.00578. The molecule has 1 aromatic rings. The fourth-order valence-corrected chi connectivity index (χ4v) is 1.99. The van der Waals surface area contributed by atoms with Crippen LogP contribution in [0.4, 0.5) is 5.69 Å². The van der Waals surface area contributed by atoms with E-state index in [0.717, 1.165) is 16.8 Å². The van der Waals surface area contributed by atoms with E-state index >= 15 is 0 Å². The summed E-state index contributed by atoms with van der Waals surface area (Å²) >= 11 is 0. The van der Waals surface area contributed by atoms with E-state index < -0.39 is 0 Å². The zero-order valence-electron chi connectivity index (χ0n) is 12.9. The summed E-state index contributed by atoms with van der Waals surface area (Å²) < 4.78 is 12.2. The van der Waals surface area contributed by atoms with Gasteiger partial charge in [0.25, 0.3) is 0 Å². The molecular formula is C14H23BN2O2. The predicted molar refractivity (Wildman–Crippen MR) is 79.0 cm³/mol. The molecule has 1 fully saturated rings. The topological polar surface area (TPSA) is 34.6 Å². The van der Waals surface area contributed by atoms with Gasteiger partial charge in [0.1, 0.15) is 0 Å². The van der Waals surface area contributed by atoms with E-state index in [4.69, 9.17) is 9.31 Å². The molecule has 0 atom stereocenters. The van der Waals surface area contributed by atoms with Crippen LogP contribution in [0.3, 0.4) is 0 Å². The molecule has 0 unspecified atom stereocenters. The van der Waals surface area contributed by atoms with Gasteiger partial charge in [-0.05, 0) is 40.7 Å². The third-order valence-corrected chi connectivity index (χ3v) is 4.14. The van der Waals surface area contributed by atoms with Crippen molar-refractivity contribution in [3.8, 4) is 0 Å². The molecule has 104 valence electrons. The van der Waals surface area contributed by atoms with Gasteiger partial charge in [-0.15, -0.1) is 0 Å². The van der Waals surface area contributed by atoms with Crippen LogP contribution in [0, 0.1) is 6.92 Å². The van der Waals surface area contributed by atoms with E-state index in [1.54, 1.807) is 0 Å². The molecule has 0 aromatic carbocycles. The first-order valence-electron chi connectivity index (χ1n) is 6.63. The molecule has 4 nitrogen and oxygen atoms in total. The maximum atomic E-state index is 6.08. The van der Waals surface area contributed by atoms with E-state index in [0.29, 0.717) is 0 Å². The molecule has 1 aliphatic heterocycles. The van der Waals surface area contributed by atoms with Crippen LogP contribution >= 0.6 is 0 Å². The molecule has 0 aliphatic carbocycles. The van der Waals surface area contributed by atoms with Crippen molar-refractivity contribution in [1.29, 1.82) is 0 Å². The minimum absolute atomic E-state index is 0.321. The summed E-state index contributed by atoms with van der Waals surface area (Å²) in [6, 6.07) is 2.09. The zero-order chi connectivity index (χ0) is 14.4. The summed E-state index contributed by atoms with van der Waals surface area (Å²) in [5, 5.41) is 0. The Morgan fingerprint density at radius 2 is 1.63 bits per heavy atom. The number of hydrogen-bond donors (Lipinski definition) is 0.